The number of aliphatic imine (C=N–C) groups is 1. The molecule has 0 aromatic heterocycles. The van der Waals surface area contributed by atoms with Crippen LogP contribution in [0.25, 0.3) is 0 Å². The second-order valence-electron chi connectivity index (χ2n) is 4.06. The van der Waals surface area contributed by atoms with E-state index in [9.17, 15) is 9.59 Å². The normalized spacial score (nSPS) is 18.1. The topological polar surface area (TPSA) is 72.5 Å². The first kappa shape index (κ1) is 12.5. The third-order valence-electron chi connectivity index (χ3n) is 2.65. The van der Waals surface area contributed by atoms with Gasteiger partial charge in [-0.2, -0.15) is 0 Å². The lowest BCUT2D eigenvalue weighted by Gasteiger charge is -2.09. The minimum absolute atomic E-state index is 0.0309. The number of rotatable bonds is 1. The number of hydrogen-bond donors (Lipinski definition) is 1. The number of nitrogen functional groups attached to an aromatic ring is 1. The summed E-state index contributed by atoms with van der Waals surface area (Å²) >= 11 is 5.86. The van der Waals surface area contributed by atoms with E-state index in [4.69, 9.17) is 17.3 Å². The number of carbonyl (C=O) groups excluding carboxylic acids is 2. The molecule has 0 fully saturated rings. The van der Waals surface area contributed by atoms with Crippen molar-refractivity contribution in [3.63, 3.8) is 0 Å². The monoisotopic (exact) mass is 262 g/mol. The quantitative estimate of drug-likeness (QED) is 0.790. The lowest BCUT2D eigenvalue weighted by molar-refractivity contribution is -0.116. The summed E-state index contributed by atoms with van der Waals surface area (Å²) in [6.45, 7) is 1.62. The molecule has 0 amide bonds. The van der Waals surface area contributed by atoms with Gasteiger partial charge in [-0.1, -0.05) is 11.6 Å². The van der Waals surface area contributed by atoms with Crippen molar-refractivity contribution in [2.45, 2.75) is 13.3 Å². The molecule has 0 heterocycles. The van der Waals surface area contributed by atoms with Crippen molar-refractivity contribution in [3.8, 4) is 0 Å². The second kappa shape index (κ2) is 4.74. The van der Waals surface area contributed by atoms with Gasteiger partial charge in [-0.05, 0) is 36.8 Å². The largest absolute Gasteiger partial charge is 0.398 e. The Kier molecular flexibility index (Phi) is 3.30. The number of allylic oxidation sites excluding steroid dienone is 2. The number of nitrogens with zero attached hydrogens (tertiary/aromatic N) is 1. The van der Waals surface area contributed by atoms with E-state index in [1.165, 1.54) is 6.08 Å². The summed E-state index contributed by atoms with van der Waals surface area (Å²) in [6.07, 6.45) is 1.34. The molecule has 18 heavy (non-hydrogen) atoms. The van der Waals surface area contributed by atoms with Crippen molar-refractivity contribution in [2.24, 2.45) is 4.99 Å². The van der Waals surface area contributed by atoms with Gasteiger partial charge in [-0.15, -0.1) is 0 Å². The molecule has 2 rings (SSSR count). The Bertz CT molecular complexity index is 603. The van der Waals surface area contributed by atoms with Crippen molar-refractivity contribution >= 4 is 40.3 Å². The van der Waals surface area contributed by atoms with Gasteiger partial charge in [-0.25, -0.2) is 4.99 Å². The first-order valence-corrected chi connectivity index (χ1v) is 5.73. The van der Waals surface area contributed by atoms with E-state index in [1.807, 2.05) is 0 Å². The first-order valence-electron chi connectivity index (χ1n) is 5.36. The highest BCUT2D eigenvalue weighted by molar-refractivity contribution is 6.50. The van der Waals surface area contributed by atoms with Gasteiger partial charge in [0, 0.05) is 0 Å². The van der Waals surface area contributed by atoms with Gasteiger partial charge in [-0.3, -0.25) is 9.59 Å². The molecular formula is C13H11ClN2O2. The number of nitrogens with two attached hydrogens (primary N) is 1. The fourth-order valence-corrected chi connectivity index (χ4v) is 1.75. The zero-order valence-electron chi connectivity index (χ0n) is 9.74. The third-order valence-corrected chi connectivity index (χ3v) is 2.98. The molecule has 0 aliphatic heterocycles. The standard InChI is InChI=1S/C13H11ClN2O2/c1-7-4-13(18)11(6-12(7)17)16-8-2-3-10(15)9(14)5-8/h2-5H,6,15H2,1H3. The first-order chi connectivity index (χ1) is 8.47. The van der Waals surface area contributed by atoms with Gasteiger partial charge >= 0.3 is 0 Å². The molecule has 0 atom stereocenters. The van der Waals surface area contributed by atoms with Gasteiger partial charge < -0.3 is 5.73 Å². The maximum Gasteiger partial charge on any atom is 0.200 e. The summed E-state index contributed by atoms with van der Waals surface area (Å²) in [5.41, 5.74) is 7.23. The number of carbonyl (C=O) groups is 2. The van der Waals surface area contributed by atoms with Crippen LogP contribution in [0.1, 0.15) is 13.3 Å². The fraction of sp³-hybridized carbons (Fsp3) is 0.154. The highest BCUT2D eigenvalue weighted by atomic mass is 35.5. The Morgan fingerprint density at radius 2 is 2.06 bits per heavy atom. The molecule has 1 aliphatic rings. The second-order valence-corrected chi connectivity index (χ2v) is 4.46. The number of Topliss-reactive ketones (excluding diaryl/α,β-unsaturated/α-hetero) is 1. The number of ketones is 2. The molecule has 1 aliphatic carbocycles. The van der Waals surface area contributed by atoms with Crippen LogP contribution in [0.4, 0.5) is 11.4 Å². The van der Waals surface area contributed by atoms with E-state index in [1.54, 1.807) is 25.1 Å². The minimum atomic E-state index is -0.236. The van der Waals surface area contributed by atoms with Gasteiger partial charge in [0.1, 0.15) is 0 Å². The van der Waals surface area contributed by atoms with Gasteiger partial charge in [0.15, 0.2) is 5.78 Å². The van der Waals surface area contributed by atoms with E-state index in [2.05, 4.69) is 4.99 Å². The number of anilines is 1. The van der Waals surface area contributed by atoms with Crippen molar-refractivity contribution < 1.29 is 9.59 Å². The summed E-state index contributed by atoms with van der Waals surface area (Å²) in [7, 11) is 0. The molecule has 2 N–H and O–H groups in total. The van der Waals surface area contributed by atoms with Crippen LogP contribution in [-0.4, -0.2) is 17.3 Å². The summed E-state index contributed by atoms with van der Waals surface area (Å²) < 4.78 is 0. The molecule has 1 aromatic carbocycles. The van der Waals surface area contributed by atoms with Gasteiger partial charge in [0.25, 0.3) is 0 Å². The van der Waals surface area contributed by atoms with Crippen LogP contribution in [0.15, 0.2) is 34.8 Å². The van der Waals surface area contributed by atoms with Crippen molar-refractivity contribution in [1.82, 2.24) is 0 Å². The van der Waals surface area contributed by atoms with Gasteiger partial charge in [0.05, 0.1) is 28.5 Å². The van der Waals surface area contributed by atoms with E-state index in [0.29, 0.717) is 22.0 Å². The number of halogens is 1. The van der Waals surface area contributed by atoms with Crippen LogP contribution in [0.2, 0.25) is 5.02 Å². The van der Waals surface area contributed by atoms with Crippen LogP contribution >= 0.6 is 11.6 Å². The lowest BCUT2D eigenvalue weighted by Crippen LogP contribution is -2.22. The van der Waals surface area contributed by atoms with E-state index >= 15 is 0 Å². The summed E-state index contributed by atoms with van der Waals surface area (Å²) in [5.74, 6) is -0.324. The van der Waals surface area contributed by atoms with Crippen LogP contribution < -0.4 is 5.73 Å². The van der Waals surface area contributed by atoms with E-state index < -0.39 is 0 Å². The number of benzene rings is 1. The summed E-state index contributed by atoms with van der Waals surface area (Å²) in [4.78, 5) is 27.4. The van der Waals surface area contributed by atoms with Crippen LogP contribution in [-0.2, 0) is 9.59 Å². The third kappa shape index (κ3) is 2.49. The van der Waals surface area contributed by atoms with Crippen molar-refractivity contribution in [1.29, 1.82) is 0 Å². The smallest absolute Gasteiger partial charge is 0.200 e. The predicted octanol–water partition coefficient (Wildman–Crippen LogP) is 2.48. The molecule has 0 radical (unpaired) electrons. The van der Waals surface area contributed by atoms with Crippen LogP contribution in [0.3, 0.4) is 0 Å². The van der Waals surface area contributed by atoms with E-state index in [0.717, 1.165) is 0 Å². The fourth-order valence-electron chi connectivity index (χ4n) is 1.58. The molecule has 0 bridgehead atoms. The Hall–Kier alpha value is -1.94. The molecule has 5 heteroatoms. The maximum atomic E-state index is 11.7. The number of hydrogen-bond acceptors (Lipinski definition) is 4. The SMILES string of the molecule is CC1=CC(=O)C(=Nc2ccc(N)c(Cl)c2)CC1=O. The molecule has 0 unspecified atom stereocenters. The summed E-state index contributed by atoms with van der Waals surface area (Å²) in [5, 5.41) is 0.373. The molecule has 92 valence electrons. The average Bonchev–Trinajstić information content (AvgIpc) is 2.31. The Balaban J connectivity index is 2.37. The van der Waals surface area contributed by atoms with Crippen LogP contribution in [0.5, 0.6) is 0 Å². The summed E-state index contributed by atoms with van der Waals surface area (Å²) in [6, 6.07) is 4.82. The molecular weight excluding hydrogens is 252 g/mol. The zero-order chi connectivity index (χ0) is 13.3. The van der Waals surface area contributed by atoms with E-state index in [-0.39, 0.29) is 23.7 Å². The molecule has 4 nitrogen and oxygen atoms in total. The maximum absolute atomic E-state index is 11.7. The molecule has 0 saturated carbocycles. The average molecular weight is 263 g/mol. The Morgan fingerprint density at radius 3 is 2.72 bits per heavy atom. The molecule has 0 saturated heterocycles. The highest BCUT2D eigenvalue weighted by Crippen LogP contribution is 2.25. The van der Waals surface area contributed by atoms with Crippen LogP contribution in [0, 0.1) is 0 Å². The van der Waals surface area contributed by atoms with Crippen molar-refractivity contribution in [2.75, 3.05) is 5.73 Å². The Morgan fingerprint density at radius 1 is 1.33 bits per heavy atom. The van der Waals surface area contributed by atoms with Gasteiger partial charge in [0.2, 0.25) is 5.78 Å². The lowest BCUT2D eigenvalue weighted by atomic mass is 9.96. The minimum Gasteiger partial charge on any atom is -0.398 e. The highest BCUT2D eigenvalue weighted by Gasteiger charge is 2.21. The Labute approximate surface area is 109 Å². The predicted molar refractivity (Wildman–Crippen MR) is 71.3 cm³/mol. The van der Waals surface area contributed by atoms with Crippen molar-refractivity contribution in [3.05, 3.63) is 34.9 Å². The molecule has 0 spiro atoms. The molecule has 1 aromatic rings. The zero-order valence-corrected chi connectivity index (χ0v) is 10.5.